The predicted octanol–water partition coefficient (Wildman–Crippen LogP) is 1.92. The molecule has 2 N–H and O–H groups in total. The van der Waals surface area contributed by atoms with Gasteiger partial charge in [0, 0.05) is 57.7 Å². The summed E-state index contributed by atoms with van der Waals surface area (Å²) in [7, 11) is 0. The van der Waals surface area contributed by atoms with E-state index in [1.54, 1.807) is 12.1 Å². The van der Waals surface area contributed by atoms with Crippen LogP contribution in [0.25, 0.3) is 0 Å². The van der Waals surface area contributed by atoms with Gasteiger partial charge >= 0.3 is 0 Å². The fraction of sp³-hybridized carbons (Fsp3) is 0.591. The average Bonchev–Trinajstić information content (AvgIpc) is 2.73. The number of carbonyl (C=O) groups is 3. The van der Waals surface area contributed by atoms with Crippen molar-refractivity contribution in [1.29, 1.82) is 0 Å². The van der Waals surface area contributed by atoms with Crippen LogP contribution in [0.1, 0.15) is 38.5 Å². The molecule has 7 nitrogen and oxygen atoms in total. The highest BCUT2D eigenvalue weighted by atomic mass is 19.1. The second-order valence-electron chi connectivity index (χ2n) is 8.58. The quantitative estimate of drug-likeness (QED) is 0.714. The lowest BCUT2D eigenvalue weighted by Gasteiger charge is -2.38. The van der Waals surface area contributed by atoms with Crippen LogP contribution in [0.3, 0.4) is 0 Å². The molecule has 2 amide bonds. The van der Waals surface area contributed by atoms with Crippen LogP contribution < -0.4 is 15.5 Å². The van der Waals surface area contributed by atoms with E-state index in [1.807, 2.05) is 0 Å². The van der Waals surface area contributed by atoms with Crippen LogP contribution in [0.4, 0.5) is 15.8 Å². The highest BCUT2D eigenvalue weighted by Gasteiger charge is 2.27. The molecule has 1 aromatic carbocycles. The minimum atomic E-state index is -0.522. The number of benzene rings is 1. The molecule has 30 heavy (non-hydrogen) atoms. The summed E-state index contributed by atoms with van der Waals surface area (Å²) < 4.78 is 14.8. The van der Waals surface area contributed by atoms with E-state index in [1.165, 1.54) is 6.07 Å². The highest BCUT2D eigenvalue weighted by molar-refractivity contribution is 6.01. The first-order chi connectivity index (χ1) is 14.5. The fourth-order valence-electron chi connectivity index (χ4n) is 4.60. The van der Waals surface area contributed by atoms with E-state index in [0.29, 0.717) is 29.5 Å². The second kappa shape index (κ2) is 9.12. The minimum absolute atomic E-state index is 0.268. The van der Waals surface area contributed by atoms with E-state index in [4.69, 9.17) is 0 Å². The number of hydrogen-bond donors (Lipinski definition) is 2. The second-order valence-corrected chi connectivity index (χ2v) is 8.58. The van der Waals surface area contributed by atoms with Crippen molar-refractivity contribution in [2.75, 3.05) is 42.9 Å². The van der Waals surface area contributed by atoms with Crippen LogP contribution in [-0.4, -0.2) is 61.3 Å². The molecular formula is C22H29FN4O3. The van der Waals surface area contributed by atoms with Crippen molar-refractivity contribution in [3.8, 4) is 0 Å². The third kappa shape index (κ3) is 4.98. The van der Waals surface area contributed by atoms with Crippen molar-refractivity contribution in [1.82, 2.24) is 10.2 Å². The molecular weight excluding hydrogens is 387 g/mol. The van der Waals surface area contributed by atoms with Gasteiger partial charge in [0.2, 0.25) is 11.8 Å². The lowest BCUT2D eigenvalue weighted by molar-refractivity contribution is -0.133. The molecule has 4 rings (SSSR count). The molecule has 1 saturated carbocycles. The van der Waals surface area contributed by atoms with E-state index in [9.17, 15) is 18.8 Å². The van der Waals surface area contributed by atoms with Gasteiger partial charge in [-0.05, 0) is 43.4 Å². The van der Waals surface area contributed by atoms with Gasteiger partial charge in [-0.25, -0.2) is 4.39 Å². The minimum Gasteiger partial charge on any atom is -0.374 e. The first kappa shape index (κ1) is 20.8. The largest absolute Gasteiger partial charge is 0.374 e. The van der Waals surface area contributed by atoms with Crippen LogP contribution in [0.15, 0.2) is 18.2 Å². The van der Waals surface area contributed by atoms with Crippen molar-refractivity contribution >= 4 is 29.0 Å². The number of halogens is 1. The summed E-state index contributed by atoms with van der Waals surface area (Å²) >= 11 is 0. The Labute approximate surface area is 176 Å². The van der Waals surface area contributed by atoms with Gasteiger partial charge in [-0.2, -0.15) is 0 Å². The van der Waals surface area contributed by atoms with E-state index in [2.05, 4.69) is 20.4 Å². The Hall–Kier alpha value is -2.48. The third-order valence-corrected chi connectivity index (χ3v) is 6.42. The average molecular weight is 416 g/mol. The first-order valence-electron chi connectivity index (χ1n) is 10.9. The maximum Gasteiger partial charge on any atom is 0.249 e. The smallest absolute Gasteiger partial charge is 0.249 e. The summed E-state index contributed by atoms with van der Waals surface area (Å²) in [6, 6.07) is 4.44. The van der Waals surface area contributed by atoms with Crippen molar-refractivity contribution in [2.45, 2.75) is 44.6 Å². The Balaban J connectivity index is 1.29. The number of piperidine rings is 1. The number of amides is 2. The van der Waals surface area contributed by atoms with Gasteiger partial charge < -0.3 is 10.2 Å². The van der Waals surface area contributed by atoms with Gasteiger partial charge in [-0.15, -0.1) is 0 Å². The molecule has 0 bridgehead atoms. The van der Waals surface area contributed by atoms with Crippen molar-refractivity contribution in [3.63, 3.8) is 0 Å². The zero-order valence-corrected chi connectivity index (χ0v) is 17.2. The van der Waals surface area contributed by atoms with Crippen molar-refractivity contribution < 1.29 is 18.8 Å². The van der Waals surface area contributed by atoms with Crippen molar-refractivity contribution in [3.05, 3.63) is 24.0 Å². The summed E-state index contributed by atoms with van der Waals surface area (Å²) in [6.07, 6.45) is 4.12. The molecule has 0 spiro atoms. The van der Waals surface area contributed by atoms with Crippen LogP contribution in [0.5, 0.6) is 0 Å². The topological polar surface area (TPSA) is 81.8 Å². The Bertz CT molecular complexity index is 813. The number of anilines is 2. The maximum absolute atomic E-state index is 14.8. The fourth-order valence-corrected chi connectivity index (χ4v) is 4.60. The van der Waals surface area contributed by atoms with Crippen LogP contribution in [0.2, 0.25) is 0 Å². The van der Waals surface area contributed by atoms with Gasteiger partial charge in [0.1, 0.15) is 17.6 Å². The Morgan fingerprint density at radius 2 is 1.73 bits per heavy atom. The van der Waals surface area contributed by atoms with Gasteiger partial charge in [-0.1, -0.05) is 0 Å². The molecule has 3 fully saturated rings. The summed E-state index contributed by atoms with van der Waals surface area (Å²) in [4.78, 5) is 39.0. The lowest BCUT2D eigenvalue weighted by Crippen LogP contribution is -2.48. The molecule has 8 heteroatoms. The number of piperazine rings is 1. The molecule has 0 radical (unpaired) electrons. The highest BCUT2D eigenvalue weighted by Crippen LogP contribution is 2.27. The number of hydrogen-bond acceptors (Lipinski definition) is 6. The molecule has 2 saturated heterocycles. The number of nitrogens with one attached hydrogen (secondary N) is 2. The number of imide groups is 1. The Morgan fingerprint density at radius 1 is 1.00 bits per heavy atom. The van der Waals surface area contributed by atoms with E-state index in [0.717, 1.165) is 58.4 Å². The Kier molecular flexibility index (Phi) is 6.32. The molecule has 3 aliphatic rings. The van der Waals surface area contributed by atoms with Crippen LogP contribution >= 0.6 is 0 Å². The summed E-state index contributed by atoms with van der Waals surface area (Å²) in [5.41, 5.74) is 1.11. The molecule has 2 heterocycles. The molecule has 0 aromatic heterocycles. The van der Waals surface area contributed by atoms with E-state index < -0.39 is 6.04 Å². The number of Topliss-reactive ketones (excluding diaryl/α,β-unsaturated/α-hetero) is 1. The van der Waals surface area contributed by atoms with Gasteiger partial charge in [0.05, 0.1) is 5.69 Å². The predicted molar refractivity (Wildman–Crippen MR) is 112 cm³/mol. The number of nitrogens with zero attached hydrogens (tertiary/aromatic N) is 2. The molecule has 162 valence electrons. The SMILES string of the molecule is O=C1CCC(CN2CCN(c3ccc(NC4CCC(=O)NC4=O)cc3F)CC2)CC1. The zero-order chi connectivity index (χ0) is 21.1. The van der Waals surface area contributed by atoms with E-state index >= 15 is 0 Å². The molecule has 1 aromatic rings. The molecule has 2 aliphatic heterocycles. The maximum atomic E-state index is 14.8. The van der Waals surface area contributed by atoms with E-state index in [-0.39, 0.29) is 24.1 Å². The van der Waals surface area contributed by atoms with Gasteiger partial charge in [-0.3, -0.25) is 24.6 Å². The van der Waals surface area contributed by atoms with Crippen LogP contribution in [0, 0.1) is 11.7 Å². The van der Waals surface area contributed by atoms with Gasteiger partial charge in [0.25, 0.3) is 0 Å². The van der Waals surface area contributed by atoms with Crippen LogP contribution in [-0.2, 0) is 14.4 Å². The molecule has 1 aliphatic carbocycles. The Morgan fingerprint density at radius 3 is 2.40 bits per heavy atom. The number of ketones is 1. The zero-order valence-electron chi connectivity index (χ0n) is 17.2. The summed E-state index contributed by atoms with van der Waals surface area (Å²) in [5, 5.41) is 5.32. The number of carbonyl (C=O) groups excluding carboxylic acids is 3. The third-order valence-electron chi connectivity index (χ3n) is 6.42. The first-order valence-corrected chi connectivity index (χ1v) is 10.9. The normalized spacial score (nSPS) is 24.1. The lowest BCUT2D eigenvalue weighted by atomic mass is 9.88. The van der Waals surface area contributed by atoms with Gasteiger partial charge in [0.15, 0.2) is 0 Å². The standard InChI is InChI=1S/C22H29FN4O3/c23-18-13-16(24-19-6-8-21(29)25-22(19)30)3-7-20(18)27-11-9-26(10-12-27)14-15-1-4-17(28)5-2-15/h3,7,13,15,19,24H,1-2,4-6,8-12,14H2,(H,25,29,30). The number of rotatable bonds is 5. The molecule has 1 unspecified atom stereocenters. The molecule has 1 atom stereocenters. The summed E-state index contributed by atoms with van der Waals surface area (Å²) in [6.45, 7) is 4.34. The van der Waals surface area contributed by atoms with Crippen molar-refractivity contribution in [2.24, 2.45) is 5.92 Å². The summed E-state index contributed by atoms with van der Waals surface area (Å²) in [5.74, 6) is 0.0436. The monoisotopic (exact) mass is 416 g/mol.